The number of hydrogen-bond donors (Lipinski definition) is 5. The zero-order valence-electron chi connectivity index (χ0n) is 39.2. The van der Waals surface area contributed by atoms with E-state index in [-0.39, 0.29) is 36.2 Å². The van der Waals surface area contributed by atoms with Crippen LogP contribution in [-0.4, -0.2) is 135 Å². The minimum absolute atomic E-state index is 0.0123. The van der Waals surface area contributed by atoms with Crippen molar-refractivity contribution >= 4 is 29.8 Å². The maximum Gasteiger partial charge on any atom is 0.408 e. The number of aliphatic hydroxyl groups is 4. The molecular formula is C50H68N2O14. The lowest BCUT2D eigenvalue weighted by atomic mass is 9.52. The van der Waals surface area contributed by atoms with Gasteiger partial charge < -0.3 is 54.3 Å². The number of nitrogens with zero attached hydrogens (tertiary/aromatic N) is 1. The first-order chi connectivity index (χ1) is 31.0. The number of hydrogen-bond acceptors (Lipinski definition) is 15. The average molecular weight is 921 g/mol. The van der Waals surface area contributed by atoms with Crippen molar-refractivity contribution in [2.24, 2.45) is 11.3 Å². The minimum Gasteiger partial charge on any atom is -0.458 e. The predicted molar refractivity (Wildman–Crippen MR) is 240 cm³/mol. The number of rotatable bonds is 14. The minimum atomic E-state index is -2.12. The first kappa shape index (κ1) is 50.7. The molecule has 1 saturated carbocycles. The summed E-state index contributed by atoms with van der Waals surface area (Å²) in [6.07, 6.45) is -6.70. The van der Waals surface area contributed by atoms with Gasteiger partial charge in [-0.15, -0.1) is 0 Å². The summed E-state index contributed by atoms with van der Waals surface area (Å²) >= 11 is 0. The van der Waals surface area contributed by atoms with Gasteiger partial charge in [0.25, 0.3) is 0 Å². The fourth-order valence-corrected chi connectivity index (χ4v) is 10.2. The summed E-state index contributed by atoms with van der Waals surface area (Å²) in [4.78, 5) is 73.7. The summed E-state index contributed by atoms with van der Waals surface area (Å²) in [5.41, 5.74) is -6.62. The molecule has 1 amide bonds. The number of aliphatic hydroxyl groups excluding tert-OH is 2. The first-order valence-electron chi connectivity index (χ1n) is 23.1. The molecule has 0 spiro atoms. The molecule has 3 fully saturated rings. The highest BCUT2D eigenvalue weighted by molar-refractivity contribution is 5.93. The van der Waals surface area contributed by atoms with E-state index < -0.39 is 107 Å². The van der Waals surface area contributed by atoms with Crippen LogP contribution < -0.4 is 5.32 Å². The molecule has 0 radical (unpaired) electrons. The molecule has 2 aromatic rings. The fourth-order valence-electron chi connectivity index (χ4n) is 10.2. The summed E-state index contributed by atoms with van der Waals surface area (Å²) in [6, 6.07) is 14.9. The Balaban J connectivity index is 1.43. The van der Waals surface area contributed by atoms with E-state index in [2.05, 4.69) is 10.2 Å². The summed E-state index contributed by atoms with van der Waals surface area (Å²) in [7, 11) is 0. The van der Waals surface area contributed by atoms with Crippen molar-refractivity contribution < 1.29 is 68.1 Å². The SMILES string of the molecule is C/C1=C(/C(C)(C)O)[C@@H](O)C(=O)[C@@]2(C)C([C@H](OC(=O)c3ccccc3)C[C@@H]1OC(=O)[C@H](OC(=O)CCCCN1CCCCC1)[C@@H](NC(=O)OC(C)(C)C)c1ccccc1)[C@]1(O)CO[C@@H]1C[C@@H]2O. The molecule has 16 nitrogen and oxygen atoms in total. The second-order valence-electron chi connectivity index (χ2n) is 20.0. The number of alkyl carbamates (subject to hydrolysis) is 1. The van der Waals surface area contributed by atoms with Gasteiger partial charge in [0.15, 0.2) is 5.78 Å². The van der Waals surface area contributed by atoms with Crippen LogP contribution in [-0.2, 0) is 38.1 Å². The molecule has 2 aromatic carbocycles. The van der Waals surface area contributed by atoms with Crippen LogP contribution in [0.4, 0.5) is 4.79 Å². The molecule has 5 N–H and O–H groups in total. The van der Waals surface area contributed by atoms with E-state index in [1.165, 1.54) is 46.2 Å². The van der Waals surface area contributed by atoms with E-state index in [0.717, 1.165) is 32.5 Å². The van der Waals surface area contributed by atoms with Gasteiger partial charge >= 0.3 is 24.0 Å². The lowest BCUT2D eigenvalue weighted by Gasteiger charge is -2.62. The van der Waals surface area contributed by atoms with Crippen LogP contribution in [0.15, 0.2) is 71.8 Å². The maximum atomic E-state index is 15.1. The lowest BCUT2D eigenvalue weighted by molar-refractivity contribution is -0.326. The quantitative estimate of drug-likeness (QED) is 0.0736. The normalized spacial score (nSPS) is 30.4. The molecule has 0 aromatic heterocycles. The van der Waals surface area contributed by atoms with E-state index in [0.29, 0.717) is 18.4 Å². The Bertz CT molecular complexity index is 2080. The zero-order chi connectivity index (χ0) is 48.2. The van der Waals surface area contributed by atoms with Crippen molar-refractivity contribution in [2.45, 2.75) is 159 Å². The predicted octanol–water partition coefficient (Wildman–Crippen LogP) is 4.90. The average Bonchev–Trinajstić information content (AvgIpc) is 3.28. The smallest absolute Gasteiger partial charge is 0.408 e. The van der Waals surface area contributed by atoms with Gasteiger partial charge in [0, 0.05) is 25.2 Å². The highest BCUT2D eigenvalue weighted by atomic mass is 16.6. The van der Waals surface area contributed by atoms with Gasteiger partial charge in [-0.1, -0.05) is 55.0 Å². The van der Waals surface area contributed by atoms with Crippen LogP contribution in [0.5, 0.6) is 0 Å². The van der Waals surface area contributed by atoms with Crippen molar-refractivity contribution in [3.63, 3.8) is 0 Å². The summed E-state index contributed by atoms with van der Waals surface area (Å²) in [5.74, 6) is -5.21. The molecule has 10 atom stereocenters. The number of nitrogens with one attached hydrogen (secondary N) is 1. The van der Waals surface area contributed by atoms with E-state index in [4.69, 9.17) is 23.7 Å². The Hall–Kier alpha value is -4.71. The van der Waals surface area contributed by atoms with Crippen LogP contribution in [0.2, 0.25) is 0 Å². The Morgan fingerprint density at radius 1 is 0.909 bits per heavy atom. The van der Waals surface area contributed by atoms with Crippen molar-refractivity contribution in [1.82, 2.24) is 10.2 Å². The zero-order valence-corrected chi connectivity index (χ0v) is 39.2. The van der Waals surface area contributed by atoms with E-state index in [1.54, 1.807) is 69.3 Å². The summed E-state index contributed by atoms with van der Waals surface area (Å²) in [6.45, 7) is 12.9. The van der Waals surface area contributed by atoms with Crippen molar-refractivity contribution in [2.75, 3.05) is 26.2 Å². The number of amides is 1. The number of Topliss-reactive ketones (excluding diaryl/α,β-unsaturated/α-hetero) is 1. The number of unbranched alkanes of at least 4 members (excludes halogenated alkanes) is 1. The van der Waals surface area contributed by atoms with Crippen molar-refractivity contribution in [1.29, 1.82) is 0 Å². The molecule has 4 aliphatic rings. The number of ether oxygens (including phenoxy) is 5. The Kier molecular flexibility index (Phi) is 15.9. The standard InChI is InChI=1S/C50H68N2O14/c1-30-33(63-45(58)41(65-37(54)23-15-18-26-52-24-16-10-17-25-52)39(31-19-11-8-12-20-31)51-46(59)66-47(2,3)4)27-34(64-44(57)32-21-13-9-14-22-32)42-49(7,35(53)28-36-50(42,61)29-62-36)43(56)40(55)38(30)48(5,6)60/h8-9,11-14,19-22,33-36,39-42,53,55,60-61H,10,15-18,23-29H2,1-7H3,(H,51,59)/b38-30-/t33-,34+,35-,36+,39-,40+,41+,42?,49+,50-/m0/s1. The van der Waals surface area contributed by atoms with Crippen molar-refractivity contribution in [3.8, 4) is 0 Å². The molecule has 2 heterocycles. The van der Waals surface area contributed by atoms with Crippen LogP contribution in [0.25, 0.3) is 0 Å². The van der Waals surface area contributed by atoms with Crippen LogP contribution >= 0.6 is 0 Å². The monoisotopic (exact) mass is 920 g/mol. The molecule has 2 aliphatic carbocycles. The number of ketones is 1. The van der Waals surface area contributed by atoms with Gasteiger partial charge in [0.1, 0.15) is 35.6 Å². The molecular weight excluding hydrogens is 853 g/mol. The third-order valence-corrected chi connectivity index (χ3v) is 13.5. The van der Waals surface area contributed by atoms with Gasteiger partial charge in [-0.2, -0.15) is 0 Å². The topological polar surface area (TPSA) is 228 Å². The van der Waals surface area contributed by atoms with Crippen LogP contribution in [0.1, 0.15) is 122 Å². The van der Waals surface area contributed by atoms with Gasteiger partial charge in [0.05, 0.1) is 35.4 Å². The Labute approximate surface area is 387 Å². The molecule has 2 aliphatic heterocycles. The number of benzene rings is 2. The highest BCUT2D eigenvalue weighted by Crippen LogP contribution is 2.56. The van der Waals surface area contributed by atoms with E-state index >= 15 is 4.79 Å². The summed E-state index contributed by atoms with van der Waals surface area (Å²) < 4.78 is 29.9. The Morgan fingerprint density at radius 3 is 2.14 bits per heavy atom. The number of piperidine rings is 1. The Morgan fingerprint density at radius 2 is 1.55 bits per heavy atom. The van der Waals surface area contributed by atoms with E-state index in [1.807, 2.05) is 0 Å². The van der Waals surface area contributed by atoms with Gasteiger partial charge in [-0.05, 0) is 123 Å². The number of likely N-dealkylation sites (tertiary alicyclic amines) is 1. The molecule has 1 unspecified atom stereocenters. The second-order valence-corrected chi connectivity index (χ2v) is 20.0. The molecule has 2 saturated heterocycles. The van der Waals surface area contributed by atoms with Crippen LogP contribution in [0, 0.1) is 11.3 Å². The second kappa shape index (κ2) is 20.7. The maximum absolute atomic E-state index is 15.1. The van der Waals surface area contributed by atoms with Gasteiger partial charge in [-0.25, -0.2) is 14.4 Å². The highest BCUT2D eigenvalue weighted by Gasteiger charge is 2.71. The van der Waals surface area contributed by atoms with Crippen LogP contribution in [0.3, 0.4) is 0 Å². The third kappa shape index (κ3) is 11.3. The molecule has 66 heavy (non-hydrogen) atoms. The fraction of sp³-hybridized carbons (Fsp3) is 0.620. The first-order valence-corrected chi connectivity index (χ1v) is 23.1. The van der Waals surface area contributed by atoms with E-state index in [9.17, 15) is 39.6 Å². The number of carbonyl (C=O) groups is 5. The third-order valence-electron chi connectivity index (χ3n) is 13.5. The molecule has 6 rings (SSSR count). The van der Waals surface area contributed by atoms with Crippen molar-refractivity contribution in [3.05, 3.63) is 82.9 Å². The largest absolute Gasteiger partial charge is 0.458 e. The van der Waals surface area contributed by atoms with Gasteiger partial charge in [-0.3, -0.25) is 9.59 Å². The lowest BCUT2D eigenvalue weighted by Crippen LogP contribution is -2.76. The molecule has 16 heteroatoms. The number of fused-ring (bicyclic) bond motifs is 3. The number of esters is 3. The number of carbonyl (C=O) groups excluding carboxylic acids is 5. The summed E-state index contributed by atoms with van der Waals surface area (Å²) in [5, 5.41) is 50.8. The molecule has 0 bridgehead atoms. The molecule has 362 valence electrons. The van der Waals surface area contributed by atoms with Gasteiger partial charge in [0.2, 0.25) is 6.10 Å².